The fraction of sp³-hybridized carbons (Fsp3) is 0.375. The first-order valence-corrected chi connectivity index (χ1v) is 11.9. The minimum atomic E-state index is 0.151. The summed E-state index contributed by atoms with van der Waals surface area (Å²) >= 11 is 5.89. The molecule has 3 heterocycles. The van der Waals surface area contributed by atoms with E-state index in [0.29, 0.717) is 41.0 Å². The highest BCUT2D eigenvalue weighted by molar-refractivity contribution is 6.30. The third-order valence-electron chi connectivity index (χ3n) is 5.91. The standard InChI is InChI=1S/C24H25ClN6O3/c25-18-6-8-19(9-7-18)33-16-22-26-24(28-34-22)17-5-10-21-20(15-17)27-29-31(21)14-11-23(32)30-12-3-1-2-4-13-30/h5-10,15H,1-4,11-14,16H2. The van der Waals surface area contributed by atoms with Gasteiger partial charge in [-0.15, -0.1) is 5.10 Å². The molecule has 10 heteroatoms. The summed E-state index contributed by atoms with van der Waals surface area (Å²) in [6, 6.07) is 12.7. The molecule has 1 aliphatic rings. The Morgan fingerprint density at radius 3 is 2.65 bits per heavy atom. The van der Waals surface area contributed by atoms with E-state index < -0.39 is 0 Å². The molecule has 1 fully saturated rings. The Morgan fingerprint density at radius 1 is 1.06 bits per heavy atom. The molecule has 0 atom stereocenters. The third-order valence-corrected chi connectivity index (χ3v) is 6.16. The van der Waals surface area contributed by atoms with Crippen LogP contribution in [-0.4, -0.2) is 49.0 Å². The van der Waals surface area contributed by atoms with Crippen molar-refractivity contribution in [1.29, 1.82) is 0 Å². The first kappa shape index (κ1) is 22.3. The number of hydrogen-bond acceptors (Lipinski definition) is 7. The van der Waals surface area contributed by atoms with Crippen LogP contribution in [0.15, 0.2) is 47.0 Å². The second-order valence-electron chi connectivity index (χ2n) is 8.32. The zero-order valence-electron chi connectivity index (χ0n) is 18.7. The Bertz CT molecular complexity index is 1260. The van der Waals surface area contributed by atoms with Crippen LogP contribution in [0.1, 0.15) is 38.0 Å². The van der Waals surface area contributed by atoms with E-state index in [0.717, 1.165) is 37.0 Å². The van der Waals surface area contributed by atoms with Crippen molar-refractivity contribution >= 4 is 28.5 Å². The SMILES string of the molecule is O=C(CCn1nnc2cc(-c3noc(COc4ccc(Cl)cc4)n3)ccc21)N1CCCCCC1. The van der Waals surface area contributed by atoms with E-state index >= 15 is 0 Å². The second-order valence-corrected chi connectivity index (χ2v) is 8.75. The number of hydrogen-bond donors (Lipinski definition) is 0. The minimum Gasteiger partial charge on any atom is -0.484 e. The van der Waals surface area contributed by atoms with Gasteiger partial charge in [-0.05, 0) is 55.3 Å². The second kappa shape index (κ2) is 10.2. The molecule has 1 saturated heterocycles. The van der Waals surface area contributed by atoms with Crippen LogP contribution in [0.2, 0.25) is 5.02 Å². The Hall–Kier alpha value is -3.46. The predicted molar refractivity (Wildman–Crippen MR) is 126 cm³/mol. The van der Waals surface area contributed by atoms with E-state index in [4.69, 9.17) is 20.9 Å². The maximum atomic E-state index is 12.6. The van der Waals surface area contributed by atoms with Gasteiger partial charge in [0.05, 0.1) is 12.1 Å². The first-order valence-electron chi connectivity index (χ1n) is 11.5. The zero-order chi connectivity index (χ0) is 23.3. The summed E-state index contributed by atoms with van der Waals surface area (Å²) in [6.45, 7) is 2.37. The van der Waals surface area contributed by atoms with Crippen molar-refractivity contribution in [3.05, 3.63) is 53.4 Å². The van der Waals surface area contributed by atoms with E-state index in [1.807, 2.05) is 23.1 Å². The molecular weight excluding hydrogens is 456 g/mol. The number of rotatable bonds is 7. The van der Waals surface area contributed by atoms with Crippen LogP contribution in [0, 0.1) is 0 Å². The molecule has 4 aromatic rings. The van der Waals surface area contributed by atoms with Gasteiger partial charge in [-0.1, -0.05) is 34.8 Å². The minimum absolute atomic E-state index is 0.151. The molecule has 0 radical (unpaired) electrons. The molecule has 5 rings (SSSR count). The van der Waals surface area contributed by atoms with Gasteiger partial charge in [0, 0.05) is 30.1 Å². The van der Waals surface area contributed by atoms with Crippen LogP contribution >= 0.6 is 11.6 Å². The first-order chi connectivity index (χ1) is 16.7. The fourth-order valence-electron chi connectivity index (χ4n) is 4.06. The topological polar surface area (TPSA) is 99.2 Å². The van der Waals surface area contributed by atoms with Gasteiger partial charge in [0.2, 0.25) is 11.7 Å². The number of likely N-dealkylation sites (tertiary alicyclic amines) is 1. The van der Waals surface area contributed by atoms with Gasteiger partial charge in [-0.25, -0.2) is 4.68 Å². The van der Waals surface area contributed by atoms with Gasteiger partial charge in [0.15, 0.2) is 6.61 Å². The summed E-state index contributed by atoms with van der Waals surface area (Å²) < 4.78 is 12.7. The monoisotopic (exact) mass is 480 g/mol. The van der Waals surface area contributed by atoms with Crippen molar-refractivity contribution in [1.82, 2.24) is 30.0 Å². The predicted octanol–water partition coefficient (Wildman–Crippen LogP) is 4.51. The number of carbonyl (C=O) groups excluding carboxylic acids is 1. The highest BCUT2D eigenvalue weighted by Crippen LogP contribution is 2.22. The maximum absolute atomic E-state index is 12.6. The van der Waals surface area contributed by atoms with Crippen LogP contribution in [0.3, 0.4) is 0 Å². The summed E-state index contributed by atoms with van der Waals surface area (Å²) in [5.74, 6) is 1.65. The number of fused-ring (bicyclic) bond motifs is 1. The van der Waals surface area contributed by atoms with Crippen molar-refractivity contribution in [2.45, 2.75) is 45.3 Å². The number of aryl methyl sites for hydroxylation is 1. The van der Waals surface area contributed by atoms with Gasteiger partial charge < -0.3 is 14.2 Å². The zero-order valence-corrected chi connectivity index (χ0v) is 19.4. The molecule has 2 aromatic heterocycles. The maximum Gasteiger partial charge on any atom is 0.264 e. The number of nitrogens with zero attached hydrogens (tertiary/aromatic N) is 6. The quantitative estimate of drug-likeness (QED) is 0.383. The molecule has 0 aliphatic carbocycles. The lowest BCUT2D eigenvalue weighted by Gasteiger charge is -2.20. The fourth-order valence-corrected chi connectivity index (χ4v) is 4.19. The van der Waals surface area contributed by atoms with Crippen LogP contribution < -0.4 is 4.74 Å². The third kappa shape index (κ3) is 5.20. The molecule has 0 spiro atoms. The van der Waals surface area contributed by atoms with E-state index in [1.54, 1.807) is 28.9 Å². The Kier molecular flexibility index (Phi) is 6.71. The Morgan fingerprint density at radius 2 is 1.85 bits per heavy atom. The molecule has 0 bridgehead atoms. The molecule has 2 aromatic carbocycles. The van der Waals surface area contributed by atoms with Gasteiger partial charge in [-0.3, -0.25) is 4.79 Å². The van der Waals surface area contributed by atoms with Crippen LogP contribution in [-0.2, 0) is 17.9 Å². The van der Waals surface area contributed by atoms with Crippen molar-refractivity contribution < 1.29 is 14.1 Å². The number of ether oxygens (including phenoxy) is 1. The Balaban J connectivity index is 1.22. The van der Waals surface area contributed by atoms with Crippen LogP contribution in [0.4, 0.5) is 0 Å². The molecule has 176 valence electrons. The van der Waals surface area contributed by atoms with E-state index in [1.165, 1.54) is 12.8 Å². The number of aromatic nitrogens is 5. The van der Waals surface area contributed by atoms with Gasteiger partial charge in [0.1, 0.15) is 11.3 Å². The van der Waals surface area contributed by atoms with E-state index in [-0.39, 0.29) is 12.5 Å². The molecule has 0 unspecified atom stereocenters. The Labute approximate surface area is 201 Å². The molecule has 9 nitrogen and oxygen atoms in total. The average molecular weight is 481 g/mol. The largest absolute Gasteiger partial charge is 0.484 e. The molecule has 1 amide bonds. The highest BCUT2D eigenvalue weighted by atomic mass is 35.5. The molecule has 0 N–H and O–H groups in total. The molecule has 34 heavy (non-hydrogen) atoms. The van der Waals surface area contributed by atoms with E-state index in [2.05, 4.69) is 20.5 Å². The summed E-state index contributed by atoms with van der Waals surface area (Å²) in [5.41, 5.74) is 2.34. The number of halogens is 1. The summed E-state index contributed by atoms with van der Waals surface area (Å²) in [4.78, 5) is 19.0. The van der Waals surface area contributed by atoms with Gasteiger partial charge in [0.25, 0.3) is 5.89 Å². The average Bonchev–Trinajstić information content (AvgIpc) is 3.40. The van der Waals surface area contributed by atoms with Crippen molar-refractivity contribution in [3.8, 4) is 17.1 Å². The molecule has 1 aliphatic heterocycles. The smallest absolute Gasteiger partial charge is 0.264 e. The highest BCUT2D eigenvalue weighted by Gasteiger charge is 2.17. The van der Waals surface area contributed by atoms with Crippen LogP contribution in [0.25, 0.3) is 22.4 Å². The number of carbonyl (C=O) groups is 1. The van der Waals surface area contributed by atoms with Gasteiger partial charge in [-0.2, -0.15) is 4.98 Å². The number of amides is 1. The van der Waals surface area contributed by atoms with Crippen molar-refractivity contribution in [2.24, 2.45) is 0 Å². The lowest BCUT2D eigenvalue weighted by Crippen LogP contribution is -2.32. The summed E-state index contributed by atoms with van der Waals surface area (Å²) in [5, 5.41) is 13.2. The summed E-state index contributed by atoms with van der Waals surface area (Å²) in [7, 11) is 0. The lowest BCUT2D eigenvalue weighted by molar-refractivity contribution is -0.131. The normalized spacial score (nSPS) is 14.3. The molecule has 0 saturated carbocycles. The van der Waals surface area contributed by atoms with Crippen molar-refractivity contribution in [3.63, 3.8) is 0 Å². The summed E-state index contributed by atoms with van der Waals surface area (Å²) in [6.07, 6.45) is 5.01. The van der Waals surface area contributed by atoms with E-state index in [9.17, 15) is 4.79 Å². The number of benzene rings is 2. The van der Waals surface area contributed by atoms with Crippen LogP contribution in [0.5, 0.6) is 5.75 Å². The van der Waals surface area contributed by atoms with Gasteiger partial charge >= 0.3 is 0 Å². The lowest BCUT2D eigenvalue weighted by atomic mass is 10.2. The van der Waals surface area contributed by atoms with Crippen molar-refractivity contribution in [2.75, 3.05) is 13.1 Å². The molecular formula is C24H25ClN6O3.